The van der Waals surface area contributed by atoms with Gasteiger partial charge in [0, 0.05) is 15.1 Å². The molecule has 3 aromatic rings. The van der Waals surface area contributed by atoms with Crippen LogP contribution in [-0.2, 0) is 16.6 Å². The highest BCUT2D eigenvalue weighted by atomic mass is 35.5. The topological polar surface area (TPSA) is 64.0 Å². The minimum absolute atomic E-state index is 0.124. The summed E-state index contributed by atoms with van der Waals surface area (Å²) in [6.45, 7) is 3.93. The molecule has 0 saturated carbocycles. The molecule has 1 aromatic heterocycles. The van der Waals surface area contributed by atoms with Crippen LogP contribution < -0.4 is 4.72 Å². The molecule has 1 heterocycles. The fraction of sp³-hybridized carbons (Fsp3) is 0.167. The van der Waals surface area contributed by atoms with Crippen molar-refractivity contribution in [2.45, 2.75) is 25.3 Å². The number of halogens is 3. The Bertz CT molecular complexity index is 1090. The lowest BCUT2D eigenvalue weighted by Gasteiger charge is -2.10. The third-order valence-electron chi connectivity index (χ3n) is 4.08. The second kappa shape index (κ2) is 7.72. The molecular formula is C18H16Cl3N3O2S. The lowest BCUT2D eigenvalue weighted by atomic mass is 10.2. The lowest BCUT2D eigenvalue weighted by molar-refractivity contribution is 0.601. The molecule has 0 aliphatic rings. The van der Waals surface area contributed by atoms with Crippen LogP contribution in [0.25, 0.3) is 0 Å². The molecule has 27 heavy (non-hydrogen) atoms. The Labute approximate surface area is 172 Å². The van der Waals surface area contributed by atoms with Gasteiger partial charge in [0.2, 0.25) is 0 Å². The van der Waals surface area contributed by atoms with E-state index in [-0.39, 0.29) is 4.90 Å². The summed E-state index contributed by atoms with van der Waals surface area (Å²) < 4.78 is 29.6. The Morgan fingerprint density at radius 1 is 1.00 bits per heavy atom. The summed E-state index contributed by atoms with van der Waals surface area (Å²) in [5.41, 5.74) is 2.51. The molecule has 5 nitrogen and oxygen atoms in total. The summed E-state index contributed by atoms with van der Waals surface area (Å²) in [7, 11) is -3.75. The molecular weight excluding hydrogens is 429 g/mol. The largest absolute Gasteiger partial charge is 0.276 e. The van der Waals surface area contributed by atoms with E-state index < -0.39 is 10.0 Å². The van der Waals surface area contributed by atoms with Crippen LogP contribution in [0.4, 0.5) is 5.69 Å². The first-order chi connectivity index (χ1) is 12.7. The van der Waals surface area contributed by atoms with E-state index in [0.717, 1.165) is 5.56 Å². The first kappa shape index (κ1) is 20.0. The van der Waals surface area contributed by atoms with Crippen LogP contribution >= 0.6 is 34.8 Å². The predicted octanol–water partition coefficient (Wildman–Crippen LogP) is 5.31. The zero-order valence-corrected chi connectivity index (χ0v) is 17.6. The number of benzene rings is 2. The number of nitrogens with one attached hydrogen (secondary N) is 1. The van der Waals surface area contributed by atoms with Crippen LogP contribution in [0, 0.1) is 13.8 Å². The van der Waals surface area contributed by atoms with Crippen LogP contribution in [0.3, 0.4) is 0 Å². The zero-order chi connectivity index (χ0) is 19.8. The van der Waals surface area contributed by atoms with Crippen molar-refractivity contribution in [2.24, 2.45) is 0 Å². The molecule has 0 saturated heterocycles. The SMILES string of the molecule is Cc1nn(Cc2ccc(Cl)cc2Cl)c(C)c1NS(=O)(=O)c1ccc(Cl)cc1. The molecule has 0 fully saturated rings. The van der Waals surface area contributed by atoms with Crippen molar-refractivity contribution in [1.29, 1.82) is 0 Å². The van der Waals surface area contributed by atoms with E-state index in [4.69, 9.17) is 34.8 Å². The van der Waals surface area contributed by atoms with Crippen molar-refractivity contribution in [3.63, 3.8) is 0 Å². The molecule has 0 atom stereocenters. The highest BCUT2D eigenvalue weighted by Crippen LogP contribution is 2.27. The second-order valence-electron chi connectivity index (χ2n) is 6.00. The molecule has 142 valence electrons. The van der Waals surface area contributed by atoms with E-state index in [2.05, 4.69) is 9.82 Å². The highest BCUT2D eigenvalue weighted by molar-refractivity contribution is 7.92. The third kappa shape index (κ3) is 4.41. The minimum Gasteiger partial charge on any atom is -0.276 e. The first-order valence-corrected chi connectivity index (χ1v) is 10.6. The van der Waals surface area contributed by atoms with Crippen LogP contribution in [0.1, 0.15) is 17.0 Å². The molecule has 9 heteroatoms. The number of sulfonamides is 1. The number of hydrogen-bond donors (Lipinski definition) is 1. The van der Waals surface area contributed by atoms with Crippen molar-refractivity contribution in [3.05, 3.63) is 74.5 Å². The van der Waals surface area contributed by atoms with Gasteiger partial charge >= 0.3 is 0 Å². The van der Waals surface area contributed by atoms with E-state index >= 15 is 0 Å². The van der Waals surface area contributed by atoms with Crippen LogP contribution in [0.5, 0.6) is 0 Å². The van der Waals surface area contributed by atoms with Gasteiger partial charge in [-0.05, 0) is 55.8 Å². The van der Waals surface area contributed by atoms with Crippen molar-refractivity contribution in [1.82, 2.24) is 9.78 Å². The molecule has 1 N–H and O–H groups in total. The summed E-state index contributed by atoms with van der Waals surface area (Å²) in [5, 5.41) is 5.98. The Hall–Kier alpha value is -1.73. The van der Waals surface area contributed by atoms with Crippen molar-refractivity contribution >= 4 is 50.5 Å². The Kier molecular flexibility index (Phi) is 5.72. The second-order valence-corrected chi connectivity index (χ2v) is 8.96. The summed E-state index contributed by atoms with van der Waals surface area (Å²) >= 11 is 18.0. The molecule has 0 bridgehead atoms. The van der Waals surface area contributed by atoms with E-state index in [9.17, 15) is 8.42 Å². The standard InChI is InChI=1S/C18H16Cl3N3O2S/c1-11-18(23-27(25,26)16-7-5-14(19)6-8-16)12(2)24(22-11)10-13-3-4-15(20)9-17(13)21/h3-9,23H,10H2,1-2H3. The van der Waals surface area contributed by atoms with Gasteiger partial charge in [-0.1, -0.05) is 40.9 Å². The van der Waals surface area contributed by atoms with E-state index in [1.54, 1.807) is 30.7 Å². The normalized spacial score (nSPS) is 11.6. The van der Waals surface area contributed by atoms with E-state index in [1.807, 2.05) is 6.07 Å². The number of aromatic nitrogens is 2. The van der Waals surface area contributed by atoms with Gasteiger partial charge in [-0.3, -0.25) is 9.40 Å². The van der Waals surface area contributed by atoms with Gasteiger partial charge in [0.15, 0.2) is 0 Å². The smallest absolute Gasteiger partial charge is 0.262 e. The molecule has 2 aromatic carbocycles. The van der Waals surface area contributed by atoms with Crippen molar-refractivity contribution in [3.8, 4) is 0 Å². The number of anilines is 1. The Morgan fingerprint density at radius 2 is 1.63 bits per heavy atom. The quantitative estimate of drug-likeness (QED) is 0.580. The summed E-state index contributed by atoms with van der Waals surface area (Å²) in [4.78, 5) is 0.124. The fourth-order valence-electron chi connectivity index (χ4n) is 2.62. The minimum atomic E-state index is -3.75. The summed E-state index contributed by atoms with van der Waals surface area (Å²) in [6.07, 6.45) is 0. The van der Waals surface area contributed by atoms with Crippen LogP contribution in [-0.4, -0.2) is 18.2 Å². The highest BCUT2D eigenvalue weighted by Gasteiger charge is 2.20. The number of nitrogens with zero attached hydrogens (tertiary/aromatic N) is 2. The molecule has 0 aliphatic heterocycles. The number of hydrogen-bond acceptors (Lipinski definition) is 3. The van der Waals surface area contributed by atoms with Gasteiger partial charge in [0.1, 0.15) is 0 Å². The Balaban J connectivity index is 1.90. The molecule has 0 radical (unpaired) electrons. The monoisotopic (exact) mass is 443 g/mol. The predicted molar refractivity (Wildman–Crippen MR) is 110 cm³/mol. The van der Waals surface area contributed by atoms with E-state index in [0.29, 0.717) is 38.7 Å². The van der Waals surface area contributed by atoms with Gasteiger partial charge in [0.25, 0.3) is 10.0 Å². The molecule has 0 amide bonds. The maximum atomic E-state index is 12.6. The van der Waals surface area contributed by atoms with Crippen LogP contribution in [0.15, 0.2) is 47.4 Å². The summed E-state index contributed by atoms with van der Waals surface area (Å²) in [5.74, 6) is 0. The first-order valence-electron chi connectivity index (χ1n) is 7.93. The fourth-order valence-corrected chi connectivity index (χ4v) is 4.39. The average Bonchev–Trinajstić information content (AvgIpc) is 2.85. The number of rotatable bonds is 5. The van der Waals surface area contributed by atoms with Crippen LogP contribution in [0.2, 0.25) is 15.1 Å². The van der Waals surface area contributed by atoms with Gasteiger partial charge in [-0.15, -0.1) is 0 Å². The van der Waals surface area contributed by atoms with Gasteiger partial charge in [-0.2, -0.15) is 5.10 Å². The molecule has 3 rings (SSSR count). The van der Waals surface area contributed by atoms with Gasteiger partial charge in [0.05, 0.1) is 28.5 Å². The third-order valence-corrected chi connectivity index (χ3v) is 6.28. The van der Waals surface area contributed by atoms with E-state index in [1.165, 1.54) is 24.3 Å². The molecule has 0 aliphatic carbocycles. The van der Waals surface area contributed by atoms with Gasteiger partial charge in [-0.25, -0.2) is 8.42 Å². The Morgan fingerprint density at radius 3 is 2.26 bits per heavy atom. The zero-order valence-electron chi connectivity index (χ0n) is 14.5. The maximum Gasteiger partial charge on any atom is 0.262 e. The number of aryl methyl sites for hydroxylation is 1. The molecule has 0 spiro atoms. The van der Waals surface area contributed by atoms with Gasteiger partial charge < -0.3 is 0 Å². The molecule has 0 unspecified atom stereocenters. The van der Waals surface area contributed by atoms with Crippen molar-refractivity contribution < 1.29 is 8.42 Å². The average molecular weight is 445 g/mol. The maximum absolute atomic E-state index is 12.6. The summed E-state index contributed by atoms with van der Waals surface area (Å²) in [6, 6.07) is 11.2. The lowest BCUT2D eigenvalue weighted by Crippen LogP contribution is -2.14. The van der Waals surface area contributed by atoms with Crippen molar-refractivity contribution in [2.75, 3.05) is 4.72 Å².